The number of ketones is 1. The Labute approximate surface area is 166 Å². The average Bonchev–Trinajstić information content (AvgIpc) is 3.17. The molecule has 0 amide bonds. The molecule has 0 radical (unpaired) electrons. The number of imidazole rings is 2. The molecule has 0 unspecified atom stereocenters. The molecule has 1 atom stereocenters. The van der Waals surface area contributed by atoms with Crippen molar-refractivity contribution >= 4 is 22.7 Å². The van der Waals surface area contributed by atoms with Gasteiger partial charge in [0.1, 0.15) is 0 Å². The van der Waals surface area contributed by atoms with Crippen LogP contribution in [-0.4, -0.2) is 28.9 Å². The average molecular weight is 393 g/mol. The number of aromatic nitrogens is 5. The molecule has 3 aromatic heterocycles. The SMILES string of the molecule is CC(=O)[C@H](C)n1c(=O)c2c(nc3n(-c4ccc(C)cc4)c(C)c(C)n23)n(C)c1=O. The molecule has 0 saturated heterocycles. The van der Waals surface area contributed by atoms with Gasteiger partial charge in [-0.3, -0.25) is 23.1 Å². The molecule has 8 heteroatoms. The van der Waals surface area contributed by atoms with Gasteiger partial charge >= 0.3 is 5.69 Å². The topological polar surface area (TPSA) is 83.3 Å². The van der Waals surface area contributed by atoms with Crippen LogP contribution in [0.25, 0.3) is 22.6 Å². The lowest BCUT2D eigenvalue weighted by Crippen LogP contribution is -2.42. The van der Waals surface area contributed by atoms with Crippen molar-refractivity contribution in [1.29, 1.82) is 0 Å². The van der Waals surface area contributed by atoms with Crippen LogP contribution >= 0.6 is 0 Å². The van der Waals surface area contributed by atoms with Crippen LogP contribution in [-0.2, 0) is 11.8 Å². The number of Topliss-reactive ketones (excluding diaryl/α,β-unsaturated/α-hetero) is 1. The second-order valence-corrected chi connectivity index (χ2v) is 7.56. The highest BCUT2D eigenvalue weighted by atomic mass is 16.2. The maximum atomic E-state index is 13.3. The van der Waals surface area contributed by atoms with E-state index in [9.17, 15) is 14.4 Å². The summed E-state index contributed by atoms with van der Waals surface area (Å²) in [6.45, 7) is 8.83. The summed E-state index contributed by atoms with van der Waals surface area (Å²) in [6, 6.07) is 7.17. The molecular weight excluding hydrogens is 370 g/mol. The first-order chi connectivity index (χ1) is 13.6. The maximum absolute atomic E-state index is 13.3. The summed E-state index contributed by atoms with van der Waals surface area (Å²) in [5, 5.41) is 0. The zero-order chi connectivity index (χ0) is 21.2. The highest BCUT2D eigenvalue weighted by Crippen LogP contribution is 2.24. The lowest BCUT2D eigenvalue weighted by molar-refractivity contribution is -0.119. The van der Waals surface area contributed by atoms with E-state index < -0.39 is 17.3 Å². The molecule has 8 nitrogen and oxygen atoms in total. The van der Waals surface area contributed by atoms with Crippen molar-refractivity contribution in [3.8, 4) is 5.69 Å². The minimum absolute atomic E-state index is 0.255. The standard InChI is InChI=1S/C21H23N5O3/c1-11-7-9-16(10-8-11)24-12(2)13(3)25-17-18(22-20(24)25)23(6)21(29)26(19(17)28)14(4)15(5)27/h7-10,14H,1-6H3/t14-/m0/s1. The lowest BCUT2D eigenvalue weighted by Gasteiger charge is -2.12. The van der Waals surface area contributed by atoms with Crippen LogP contribution in [0.3, 0.4) is 0 Å². The van der Waals surface area contributed by atoms with E-state index in [1.807, 2.05) is 49.6 Å². The van der Waals surface area contributed by atoms with Crippen molar-refractivity contribution in [2.75, 3.05) is 0 Å². The van der Waals surface area contributed by atoms with Crippen molar-refractivity contribution in [3.63, 3.8) is 0 Å². The molecule has 1 aromatic carbocycles. The Hall–Kier alpha value is -3.42. The van der Waals surface area contributed by atoms with E-state index in [-0.39, 0.29) is 5.78 Å². The number of rotatable bonds is 3. The number of benzene rings is 1. The fourth-order valence-electron chi connectivity index (χ4n) is 3.74. The van der Waals surface area contributed by atoms with Crippen LogP contribution in [0.15, 0.2) is 33.9 Å². The Morgan fingerprint density at radius 1 is 1.03 bits per heavy atom. The van der Waals surface area contributed by atoms with E-state index in [1.165, 1.54) is 11.5 Å². The third-order valence-corrected chi connectivity index (χ3v) is 5.74. The first-order valence-corrected chi connectivity index (χ1v) is 9.44. The van der Waals surface area contributed by atoms with Gasteiger partial charge in [-0.25, -0.2) is 9.36 Å². The first kappa shape index (κ1) is 18.9. The minimum atomic E-state index is -0.850. The zero-order valence-corrected chi connectivity index (χ0v) is 17.3. The molecule has 29 heavy (non-hydrogen) atoms. The molecule has 150 valence electrons. The lowest BCUT2D eigenvalue weighted by atomic mass is 10.2. The van der Waals surface area contributed by atoms with Gasteiger partial charge < -0.3 is 0 Å². The number of carbonyl (C=O) groups is 1. The summed E-state index contributed by atoms with van der Waals surface area (Å²) in [5.74, 6) is 0.300. The molecule has 0 aliphatic rings. The Morgan fingerprint density at radius 3 is 2.24 bits per heavy atom. The number of nitrogens with zero attached hydrogens (tertiary/aromatic N) is 5. The third kappa shape index (κ3) is 2.52. The largest absolute Gasteiger partial charge is 0.333 e. The molecule has 3 heterocycles. The summed E-state index contributed by atoms with van der Waals surface area (Å²) >= 11 is 0. The van der Waals surface area contributed by atoms with Crippen LogP contribution < -0.4 is 11.2 Å². The van der Waals surface area contributed by atoms with E-state index in [0.29, 0.717) is 16.9 Å². The summed E-state index contributed by atoms with van der Waals surface area (Å²) in [5.41, 5.74) is 3.38. The quantitative estimate of drug-likeness (QED) is 0.534. The van der Waals surface area contributed by atoms with Gasteiger partial charge in [0.2, 0.25) is 5.78 Å². The predicted octanol–water partition coefficient (Wildman–Crippen LogP) is 2.21. The molecular formula is C21H23N5O3. The molecule has 0 aliphatic heterocycles. The molecule has 0 bridgehead atoms. The monoisotopic (exact) mass is 393 g/mol. The van der Waals surface area contributed by atoms with Crippen LogP contribution in [0.1, 0.15) is 36.8 Å². The summed E-state index contributed by atoms with van der Waals surface area (Å²) in [4.78, 5) is 42.7. The Morgan fingerprint density at radius 2 is 1.66 bits per heavy atom. The van der Waals surface area contributed by atoms with Gasteiger partial charge in [0.15, 0.2) is 16.9 Å². The van der Waals surface area contributed by atoms with Crippen LogP contribution in [0.2, 0.25) is 0 Å². The zero-order valence-electron chi connectivity index (χ0n) is 17.3. The highest BCUT2D eigenvalue weighted by Gasteiger charge is 2.25. The molecule has 0 saturated carbocycles. The van der Waals surface area contributed by atoms with E-state index in [2.05, 4.69) is 4.98 Å². The Bertz CT molecular complexity index is 1410. The fraction of sp³-hybridized carbons (Fsp3) is 0.333. The van der Waals surface area contributed by atoms with Gasteiger partial charge in [-0.1, -0.05) is 17.7 Å². The summed E-state index contributed by atoms with van der Waals surface area (Å²) in [6.07, 6.45) is 0. The Kier molecular flexibility index (Phi) is 4.11. The minimum Gasteiger partial charge on any atom is -0.298 e. The van der Waals surface area contributed by atoms with Gasteiger partial charge in [-0.05, 0) is 46.8 Å². The predicted molar refractivity (Wildman–Crippen MR) is 111 cm³/mol. The van der Waals surface area contributed by atoms with Crippen LogP contribution in [0.5, 0.6) is 0 Å². The van der Waals surface area contributed by atoms with E-state index in [4.69, 9.17) is 0 Å². The summed E-state index contributed by atoms with van der Waals surface area (Å²) in [7, 11) is 1.57. The smallest absolute Gasteiger partial charge is 0.298 e. The second kappa shape index (κ2) is 6.30. The number of carbonyl (C=O) groups excluding carboxylic acids is 1. The van der Waals surface area contributed by atoms with Crippen molar-refractivity contribution < 1.29 is 4.79 Å². The Balaban J connectivity index is 2.19. The first-order valence-electron chi connectivity index (χ1n) is 9.44. The molecule has 4 aromatic rings. The van der Waals surface area contributed by atoms with Crippen molar-refractivity contribution in [1.82, 2.24) is 23.1 Å². The number of hydrogen-bond donors (Lipinski definition) is 0. The number of fused-ring (bicyclic) bond motifs is 3. The highest BCUT2D eigenvalue weighted by molar-refractivity contribution is 5.81. The second-order valence-electron chi connectivity index (χ2n) is 7.56. The normalized spacial score (nSPS) is 12.8. The van der Waals surface area contributed by atoms with Gasteiger partial charge in [0.25, 0.3) is 5.56 Å². The van der Waals surface area contributed by atoms with Gasteiger partial charge in [0.05, 0.1) is 6.04 Å². The van der Waals surface area contributed by atoms with Gasteiger partial charge in [-0.2, -0.15) is 4.98 Å². The molecule has 0 aliphatic carbocycles. The fourth-order valence-corrected chi connectivity index (χ4v) is 3.74. The van der Waals surface area contributed by atoms with E-state index in [0.717, 1.165) is 27.2 Å². The maximum Gasteiger partial charge on any atom is 0.333 e. The van der Waals surface area contributed by atoms with Gasteiger partial charge in [-0.15, -0.1) is 0 Å². The molecule has 0 fully saturated rings. The number of hydrogen-bond acceptors (Lipinski definition) is 4. The van der Waals surface area contributed by atoms with E-state index in [1.54, 1.807) is 18.4 Å². The summed E-state index contributed by atoms with van der Waals surface area (Å²) < 4.78 is 6.08. The molecule has 0 spiro atoms. The number of aryl methyl sites for hydroxylation is 3. The van der Waals surface area contributed by atoms with Gasteiger partial charge in [0, 0.05) is 24.1 Å². The van der Waals surface area contributed by atoms with Crippen molar-refractivity contribution in [3.05, 3.63) is 62.1 Å². The van der Waals surface area contributed by atoms with Crippen LogP contribution in [0, 0.1) is 20.8 Å². The van der Waals surface area contributed by atoms with Crippen molar-refractivity contribution in [2.45, 2.75) is 40.7 Å². The molecule has 4 rings (SSSR count). The van der Waals surface area contributed by atoms with Crippen LogP contribution in [0.4, 0.5) is 0 Å². The van der Waals surface area contributed by atoms with E-state index >= 15 is 0 Å². The third-order valence-electron chi connectivity index (χ3n) is 5.74. The molecule has 0 N–H and O–H groups in total. The van der Waals surface area contributed by atoms with Crippen molar-refractivity contribution in [2.24, 2.45) is 7.05 Å².